The molecule has 0 amide bonds. The van der Waals surface area contributed by atoms with Crippen LogP contribution in [0.15, 0.2) is 0 Å². The SMILES string of the molecule is CCOC(=O)C[C@@H](Br)C(C)=O. The van der Waals surface area contributed by atoms with Gasteiger partial charge in [0.1, 0.15) is 5.78 Å². The highest BCUT2D eigenvalue weighted by Gasteiger charge is 2.14. The van der Waals surface area contributed by atoms with Gasteiger partial charge in [-0.15, -0.1) is 0 Å². The van der Waals surface area contributed by atoms with Crippen molar-refractivity contribution in [3.05, 3.63) is 0 Å². The van der Waals surface area contributed by atoms with Gasteiger partial charge < -0.3 is 4.74 Å². The monoisotopic (exact) mass is 222 g/mol. The van der Waals surface area contributed by atoms with Crippen LogP contribution in [0.25, 0.3) is 0 Å². The maximum Gasteiger partial charge on any atom is 0.307 e. The number of esters is 1. The molecular weight excluding hydrogens is 212 g/mol. The van der Waals surface area contributed by atoms with E-state index in [-0.39, 0.29) is 18.2 Å². The third-order valence-corrected chi connectivity index (χ3v) is 2.06. The van der Waals surface area contributed by atoms with Crippen LogP contribution in [0.1, 0.15) is 20.3 Å². The maximum atomic E-state index is 10.8. The van der Waals surface area contributed by atoms with Gasteiger partial charge in [-0.3, -0.25) is 9.59 Å². The van der Waals surface area contributed by atoms with Crippen molar-refractivity contribution in [3.63, 3.8) is 0 Å². The van der Waals surface area contributed by atoms with Crippen LogP contribution in [0.4, 0.5) is 0 Å². The molecule has 0 rings (SSSR count). The summed E-state index contributed by atoms with van der Waals surface area (Å²) in [7, 11) is 0. The van der Waals surface area contributed by atoms with Gasteiger partial charge >= 0.3 is 5.97 Å². The van der Waals surface area contributed by atoms with Crippen molar-refractivity contribution < 1.29 is 14.3 Å². The number of rotatable bonds is 4. The third-order valence-electron chi connectivity index (χ3n) is 1.09. The van der Waals surface area contributed by atoms with Crippen molar-refractivity contribution in [1.82, 2.24) is 0 Å². The van der Waals surface area contributed by atoms with E-state index in [1.807, 2.05) is 0 Å². The molecular formula is C7H11BrO3. The number of halogens is 1. The van der Waals surface area contributed by atoms with E-state index in [2.05, 4.69) is 20.7 Å². The van der Waals surface area contributed by atoms with Gasteiger partial charge in [-0.25, -0.2) is 0 Å². The topological polar surface area (TPSA) is 43.4 Å². The van der Waals surface area contributed by atoms with Crippen LogP contribution in [0.3, 0.4) is 0 Å². The lowest BCUT2D eigenvalue weighted by Gasteiger charge is -2.04. The van der Waals surface area contributed by atoms with Gasteiger partial charge in [-0.05, 0) is 13.8 Å². The summed E-state index contributed by atoms with van der Waals surface area (Å²) in [5, 5.41) is 0. The number of hydrogen-bond acceptors (Lipinski definition) is 3. The van der Waals surface area contributed by atoms with E-state index in [9.17, 15) is 9.59 Å². The summed E-state index contributed by atoms with van der Waals surface area (Å²) >= 11 is 3.06. The van der Waals surface area contributed by atoms with Crippen LogP contribution < -0.4 is 0 Å². The van der Waals surface area contributed by atoms with Gasteiger partial charge in [0, 0.05) is 0 Å². The average Bonchev–Trinajstić information content (AvgIpc) is 1.87. The van der Waals surface area contributed by atoms with Crippen LogP contribution in [-0.2, 0) is 14.3 Å². The van der Waals surface area contributed by atoms with Crippen molar-refractivity contribution in [2.45, 2.75) is 25.1 Å². The number of alkyl halides is 1. The first-order chi connectivity index (χ1) is 5.07. The van der Waals surface area contributed by atoms with Crippen molar-refractivity contribution >= 4 is 27.7 Å². The Morgan fingerprint density at radius 1 is 1.55 bits per heavy atom. The summed E-state index contributed by atoms with van der Waals surface area (Å²) in [6, 6.07) is 0. The minimum Gasteiger partial charge on any atom is -0.466 e. The maximum absolute atomic E-state index is 10.8. The third kappa shape index (κ3) is 4.95. The van der Waals surface area contributed by atoms with E-state index in [1.165, 1.54) is 6.92 Å². The molecule has 0 aromatic carbocycles. The van der Waals surface area contributed by atoms with E-state index in [0.717, 1.165) is 0 Å². The van der Waals surface area contributed by atoms with E-state index in [1.54, 1.807) is 6.92 Å². The predicted molar refractivity (Wildman–Crippen MR) is 44.6 cm³/mol. The fourth-order valence-electron chi connectivity index (χ4n) is 0.510. The van der Waals surface area contributed by atoms with Gasteiger partial charge in [0.15, 0.2) is 0 Å². The molecule has 0 saturated carbocycles. The zero-order valence-electron chi connectivity index (χ0n) is 6.59. The first-order valence-corrected chi connectivity index (χ1v) is 4.29. The van der Waals surface area contributed by atoms with Crippen molar-refractivity contribution in [3.8, 4) is 0 Å². The number of Topliss-reactive ketones (excluding diaryl/α,β-unsaturated/α-hetero) is 1. The molecule has 4 heteroatoms. The Kier molecular flexibility index (Phi) is 5.11. The highest BCUT2D eigenvalue weighted by molar-refractivity contribution is 9.10. The summed E-state index contributed by atoms with van der Waals surface area (Å²) in [5.74, 6) is -0.400. The molecule has 0 bridgehead atoms. The van der Waals surface area contributed by atoms with Crippen molar-refractivity contribution in [2.24, 2.45) is 0 Å². The minimum absolute atomic E-state index is 0.0574. The van der Waals surface area contributed by atoms with Gasteiger partial charge in [0.2, 0.25) is 0 Å². The Morgan fingerprint density at radius 3 is 2.45 bits per heavy atom. The van der Waals surface area contributed by atoms with Gasteiger partial charge in [0.25, 0.3) is 0 Å². The molecule has 0 aromatic heterocycles. The molecule has 0 unspecified atom stereocenters. The van der Waals surface area contributed by atoms with E-state index in [0.29, 0.717) is 6.61 Å². The minimum atomic E-state index is -0.401. The standard InChI is InChI=1S/C7H11BrO3/c1-3-11-7(10)4-6(8)5(2)9/h6H,3-4H2,1-2H3/t6-/m1/s1. The lowest BCUT2D eigenvalue weighted by atomic mass is 10.2. The fraction of sp³-hybridized carbons (Fsp3) is 0.714. The lowest BCUT2D eigenvalue weighted by molar-refractivity contribution is -0.143. The Balaban J connectivity index is 3.66. The quantitative estimate of drug-likeness (QED) is 0.532. The van der Waals surface area contributed by atoms with Crippen molar-refractivity contribution in [2.75, 3.05) is 6.61 Å². The van der Waals surface area contributed by atoms with E-state index < -0.39 is 4.83 Å². The zero-order chi connectivity index (χ0) is 8.85. The lowest BCUT2D eigenvalue weighted by Crippen LogP contribution is -2.16. The largest absolute Gasteiger partial charge is 0.466 e. The van der Waals surface area contributed by atoms with E-state index in [4.69, 9.17) is 0 Å². The number of carbonyl (C=O) groups excluding carboxylic acids is 2. The molecule has 0 radical (unpaired) electrons. The highest BCUT2D eigenvalue weighted by atomic mass is 79.9. The molecule has 0 aliphatic heterocycles. The zero-order valence-corrected chi connectivity index (χ0v) is 8.18. The van der Waals surface area contributed by atoms with Gasteiger partial charge in [0.05, 0.1) is 17.9 Å². The Labute approximate surface area is 74.2 Å². The van der Waals surface area contributed by atoms with Crippen LogP contribution in [0.2, 0.25) is 0 Å². The van der Waals surface area contributed by atoms with Crippen LogP contribution in [-0.4, -0.2) is 23.2 Å². The van der Waals surface area contributed by atoms with Crippen LogP contribution in [0, 0.1) is 0 Å². The number of hydrogen-bond donors (Lipinski definition) is 0. The highest BCUT2D eigenvalue weighted by Crippen LogP contribution is 2.06. The van der Waals surface area contributed by atoms with E-state index >= 15 is 0 Å². The Hall–Kier alpha value is -0.380. The molecule has 0 spiro atoms. The second-order valence-electron chi connectivity index (χ2n) is 2.09. The summed E-state index contributed by atoms with van der Waals surface area (Å²) in [4.78, 5) is 21.0. The van der Waals surface area contributed by atoms with Gasteiger partial charge in [-0.2, -0.15) is 0 Å². The molecule has 64 valence electrons. The first-order valence-electron chi connectivity index (χ1n) is 3.38. The molecule has 0 N–H and O–H groups in total. The number of ketones is 1. The van der Waals surface area contributed by atoms with Crippen molar-refractivity contribution in [1.29, 1.82) is 0 Å². The molecule has 3 nitrogen and oxygen atoms in total. The molecule has 0 heterocycles. The molecule has 0 aromatic rings. The van der Waals surface area contributed by atoms with Gasteiger partial charge in [-0.1, -0.05) is 15.9 Å². The summed E-state index contributed by atoms with van der Waals surface area (Å²) in [5.41, 5.74) is 0. The molecule has 0 aliphatic rings. The summed E-state index contributed by atoms with van der Waals surface area (Å²) < 4.78 is 4.64. The Morgan fingerprint density at radius 2 is 2.09 bits per heavy atom. The molecule has 0 aliphatic carbocycles. The second kappa shape index (κ2) is 5.29. The number of ether oxygens (including phenoxy) is 1. The summed E-state index contributed by atoms with van der Waals surface area (Å²) in [6.07, 6.45) is 0.114. The fourth-order valence-corrected chi connectivity index (χ4v) is 0.774. The second-order valence-corrected chi connectivity index (χ2v) is 3.19. The predicted octanol–water partition coefficient (Wildman–Crippen LogP) is 1.29. The van der Waals surface area contributed by atoms with Crippen LogP contribution >= 0.6 is 15.9 Å². The molecule has 11 heavy (non-hydrogen) atoms. The smallest absolute Gasteiger partial charge is 0.307 e. The molecule has 0 fully saturated rings. The molecule has 1 atom stereocenters. The number of carbonyl (C=O) groups is 2. The average molecular weight is 223 g/mol. The summed E-state index contributed by atoms with van der Waals surface area (Å²) in [6.45, 7) is 3.52. The van der Waals surface area contributed by atoms with Crippen LogP contribution in [0.5, 0.6) is 0 Å². The normalized spacial score (nSPS) is 12.3. The first kappa shape index (κ1) is 10.6. The molecule has 0 saturated heterocycles. The Bertz CT molecular complexity index is 156.